The fourth-order valence-electron chi connectivity index (χ4n) is 0.637. The van der Waals surface area contributed by atoms with E-state index in [0.717, 1.165) is 0 Å². The third-order valence-electron chi connectivity index (χ3n) is 1.11. The Morgan fingerprint density at radius 2 is 2.10 bits per heavy atom. The summed E-state index contributed by atoms with van der Waals surface area (Å²) in [5, 5.41) is 0.387. The molecule has 0 radical (unpaired) electrons. The zero-order chi connectivity index (χ0) is 7.56. The van der Waals surface area contributed by atoms with Gasteiger partial charge in [-0.15, -0.1) is 0 Å². The lowest BCUT2D eigenvalue weighted by Gasteiger charge is -2.03. The Kier molecular flexibility index (Phi) is 2.19. The molecule has 0 saturated heterocycles. The van der Waals surface area contributed by atoms with Gasteiger partial charge in [-0.25, -0.2) is 4.98 Å². The van der Waals surface area contributed by atoms with Crippen molar-refractivity contribution in [1.82, 2.24) is 9.97 Å². The molecule has 1 rings (SSSR count). The van der Waals surface area contributed by atoms with Crippen molar-refractivity contribution in [1.29, 1.82) is 0 Å². The van der Waals surface area contributed by atoms with Gasteiger partial charge in [-0.3, -0.25) is 4.98 Å². The highest BCUT2D eigenvalue weighted by Crippen LogP contribution is 2.13. The Bertz CT molecular complexity index is 224. The van der Waals surface area contributed by atoms with Crippen molar-refractivity contribution in [2.75, 3.05) is 0 Å². The third kappa shape index (κ3) is 1.43. The summed E-state index contributed by atoms with van der Waals surface area (Å²) in [6.07, 6.45) is 3.11. The first-order valence-corrected chi connectivity index (χ1v) is 3.31. The van der Waals surface area contributed by atoms with Gasteiger partial charge < -0.3 is 5.73 Å². The summed E-state index contributed by atoms with van der Waals surface area (Å²) in [7, 11) is 0. The Morgan fingerprint density at radius 1 is 1.50 bits per heavy atom. The summed E-state index contributed by atoms with van der Waals surface area (Å²) in [5.74, 6) is 0. The molecule has 1 heterocycles. The summed E-state index contributed by atoms with van der Waals surface area (Å²) in [4.78, 5) is 7.78. The molecule has 4 heteroatoms. The van der Waals surface area contributed by atoms with Gasteiger partial charge in [-0.1, -0.05) is 11.6 Å². The lowest BCUT2D eigenvalue weighted by Crippen LogP contribution is -2.08. The SMILES string of the molecule is C[C@H](N)c1nccnc1Cl. The molecule has 54 valence electrons. The predicted molar refractivity (Wildman–Crippen MR) is 39.6 cm³/mol. The topological polar surface area (TPSA) is 51.8 Å². The third-order valence-corrected chi connectivity index (χ3v) is 1.40. The van der Waals surface area contributed by atoms with Crippen LogP contribution in [-0.2, 0) is 0 Å². The molecule has 0 unspecified atom stereocenters. The Labute approximate surface area is 64.2 Å². The molecule has 1 aromatic rings. The first-order chi connectivity index (χ1) is 4.72. The largest absolute Gasteiger partial charge is 0.323 e. The van der Waals surface area contributed by atoms with Crippen LogP contribution in [0.4, 0.5) is 0 Å². The molecule has 2 N–H and O–H groups in total. The lowest BCUT2D eigenvalue weighted by molar-refractivity contribution is 0.773. The van der Waals surface area contributed by atoms with Crippen LogP contribution in [0.3, 0.4) is 0 Å². The van der Waals surface area contributed by atoms with Crippen molar-refractivity contribution >= 4 is 11.6 Å². The van der Waals surface area contributed by atoms with Gasteiger partial charge in [-0.05, 0) is 6.92 Å². The van der Waals surface area contributed by atoms with Crippen LogP contribution in [0, 0.1) is 0 Å². The zero-order valence-electron chi connectivity index (χ0n) is 5.58. The van der Waals surface area contributed by atoms with Crippen LogP contribution in [-0.4, -0.2) is 9.97 Å². The van der Waals surface area contributed by atoms with Crippen molar-refractivity contribution in [2.45, 2.75) is 13.0 Å². The maximum absolute atomic E-state index is 5.67. The first kappa shape index (κ1) is 7.44. The van der Waals surface area contributed by atoms with E-state index in [0.29, 0.717) is 10.8 Å². The van der Waals surface area contributed by atoms with Crippen molar-refractivity contribution in [3.05, 3.63) is 23.2 Å². The van der Waals surface area contributed by atoms with Crippen molar-refractivity contribution in [2.24, 2.45) is 5.73 Å². The molecule has 10 heavy (non-hydrogen) atoms. The quantitative estimate of drug-likeness (QED) is 0.666. The second-order valence-corrected chi connectivity index (χ2v) is 2.38. The Hall–Kier alpha value is -0.670. The monoisotopic (exact) mass is 157 g/mol. The summed E-state index contributed by atoms with van der Waals surface area (Å²) >= 11 is 5.67. The molecule has 0 aliphatic carbocycles. The van der Waals surface area contributed by atoms with Crippen LogP contribution in [0.2, 0.25) is 5.15 Å². The molecule has 3 nitrogen and oxygen atoms in total. The average Bonchev–Trinajstić information content (AvgIpc) is 1.88. The van der Waals surface area contributed by atoms with Crippen LogP contribution < -0.4 is 5.73 Å². The fourth-order valence-corrected chi connectivity index (χ4v) is 0.914. The molecular formula is C6H8ClN3. The smallest absolute Gasteiger partial charge is 0.152 e. The summed E-state index contributed by atoms with van der Waals surface area (Å²) in [5.41, 5.74) is 6.17. The summed E-state index contributed by atoms with van der Waals surface area (Å²) in [6, 6.07) is -0.152. The molecule has 1 aromatic heterocycles. The highest BCUT2D eigenvalue weighted by atomic mass is 35.5. The molecule has 0 spiro atoms. The van der Waals surface area contributed by atoms with Crippen molar-refractivity contribution in [3.63, 3.8) is 0 Å². The molecule has 0 amide bonds. The second kappa shape index (κ2) is 2.94. The Morgan fingerprint density at radius 3 is 2.50 bits per heavy atom. The van der Waals surface area contributed by atoms with Crippen LogP contribution in [0.25, 0.3) is 0 Å². The Balaban J connectivity index is 3.03. The minimum Gasteiger partial charge on any atom is -0.323 e. The predicted octanol–water partition coefficient (Wildman–Crippen LogP) is 1.15. The van der Waals surface area contributed by atoms with E-state index in [1.807, 2.05) is 6.92 Å². The normalized spacial score (nSPS) is 13.1. The number of halogens is 1. The zero-order valence-corrected chi connectivity index (χ0v) is 6.34. The van der Waals surface area contributed by atoms with E-state index in [-0.39, 0.29) is 6.04 Å². The number of nitrogens with zero attached hydrogens (tertiary/aromatic N) is 2. The highest BCUT2D eigenvalue weighted by Gasteiger charge is 2.05. The minimum absolute atomic E-state index is 0.152. The molecule has 0 aromatic carbocycles. The van der Waals surface area contributed by atoms with E-state index in [4.69, 9.17) is 17.3 Å². The summed E-state index contributed by atoms with van der Waals surface area (Å²) in [6.45, 7) is 1.82. The van der Waals surface area contributed by atoms with Gasteiger partial charge in [0.1, 0.15) is 0 Å². The fraction of sp³-hybridized carbons (Fsp3) is 0.333. The number of hydrogen-bond donors (Lipinski definition) is 1. The van der Waals surface area contributed by atoms with E-state index in [9.17, 15) is 0 Å². The van der Waals surface area contributed by atoms with Gasteiger partial charge in [-0.2, -0.15) is 0 Å². The van der Waals surface area contributed by atoms with Gasteiger partial charge in [0.05, 0.1) is 5.69 Å². The molecule has 0 saturated carbocycles. The van der Waals surface area contributed by atoms with Crippen LogP contribution in [0.5, 0.6) is 0 Å². The van der Waals surface area contributed by atoms with Crippen molar-refractivity contribution < 1.29 is 0 Å². The molecule has 0 aliphatic heterocycles. The van der Waals surface area contributed by atoms with Gasteiger partial charge in [0.15, 0.2) is 5.15 Å². The number of rotatable bonds is 1. The molecule has 0 aliphatic rings. The van der Waals surface area contributed by atoms with Crippen LogP contribution in [0.15, 0.2) is 12.4 Å². The van der Waals surface area contributed by atoms with Gasteiger partial charge >= 0.3 is 0 Å². The van der Waals surface area contributed by atoms with Gasteiger partial charge in [0, 0.05) is 18.4 Å². The maximum Gasteiger partial charge on any atom is 0.152 e. The van der Waals surface area contributed by atoms with E-state index in [2.05, 4.69) is 9.97 Å². The van der Waals surface area contributed by atoms with Gasteiger partial charge in [0.2, 0.25) is 0 Å². The first-order valence-electron chi connectivity index (χ1n) is 2.94. The summed E-state index contributed by atoms with van der Waals surface area (Å²) < 4.78 is 0. The van der Waals surface area contributed by atoms with E-state index in [1.54, 1.807) is 6.20 Å². The average molecular weight is 158 g/mol. The highest BCUT2D eigenvalue weighted by molar-refractivity contribution is 6.30. The maximum atomic E-state index is 5.67. The molecular weight excluding hydrogens is 150 g/mol. The number of nitrogens with two attached hydrogens (primary N) is 1. The van der Waals surface area contributed by atoms with Crippen LogP contribution >= 0.6 is 11.6 Å². The van der Waals surface area contributed by atoms with Crippen LogP contribution in [0.1, 0.15) is 18.7 Å². The standard InChI is InChI=1S/C6H8ClN3/c1-4(8)5-6(7)10-3-2-9-5/h2-4H,8H2,1H3/t4-/m0/s1. The molecule has 0 fully saturated rings. The van der Waals surface area contributed by atoms with Gasteiger partial charge in [0.25, 0.3) is 0 Å². The minimum atomic E-state index is -0.152. The lowest BCUT2D eigenvalue weighted by atomic mass is 10.3. The molecule has 1 atom stereocenters. The van der Waals surface area contributed by atoms with E-state index >= 15 is 0 Å². The number of hydrogen-bond acceptors (Lipinski definition) is 3. The van der Waals surface area contributed by atoms with E-state index in [1.165, 1.54) is 6.20 Å². The molecule has 0 bridgehead atoms. The second-order valence-electron chi connectivity index (χ2n) is 2.02. The van der Waals surface area contributed by atoms with E-state index < -0.39 is 0 Å². The van der Waals surface area contributed by atoms with Crippen molar-refractivity contribution in [3.8, 4) is 0 Å². The number of aromatic nitrogens is 2.